The zero-order chi connectivity index (χ0) is 34.0. The zero-order valence-electron chi connectivity index (χ0n) is 26.2. The van der Waals surface area contributed by atoms with E-state index >= 15 is 26.3 Å². The molecule has 3 heterocycles. The number of fused-ring (bicyclic) bond motifs is 4. The van der Waals surface area contributed by atoms with Crippen molar-refractivity contribution in [2.45, 2.75) is 55.0 Å². The number of H-pyrrole nitrogens is 1. The monoisotopic (exact) mass is 690 g/mol. The Labute approximate surface area is 282 Å². The average molecular weight is 691 g/mol. The third-order valence-corrected chi connectivity index (χ3v) is 13.4. The Morgan fingerprint density at radius 1 is 0.604 bits per heavy atom. The number of nitrogens with one attached hydrogen (secondary N) is 1. The van der Waals surface area contributed by atoms with Crippen molar-refractivity contribution in [3.63, 3.8) is 0 Å². The van der Waals surface area contributed by atoms with Crippen LogP contribution in [0.4, 0.5) is 26.3 Å². The van der Waals surface area contributed by atoms with E-state index in [9.17, 15) is 0 Å². The van der Waals surface area contributed by atoms with E-state index in [0.717, 1.165) is 28.1 Å². The summed E-state index contributed by atoms with van der Waals surface area (Å²) in [7, 11) is 0. The lowest BCUT2D eigenvalue weighted by atomic mass is 9.69. The molecule has 2 atom stereocenters. The highest BCUT2D eigenvalue weighted by molar-refractivity contribution is 8.12. The molecule has 0 spiro atoms. The Balaban J connectivity index is 1.25. The fraction of sp³-hybridized carbons (Fsp3) is 0.237. The minimum Gasteiger partial charge on any atom is -0.337 e. The van der Waals surface area contributed by atoms with E-state index < -0.39 is 38.4 Å². The highest BCUT2D eigenvalue weighted by Gasteiger charge is 2.84. The van der Waals surface area contributed by atoms with Crippen LogP contribution >= 0.6 is 23.5 Å². The Kier molecular flexibility index (Phi) is 6.59. The van der Waals surface area contributed by atoms with Gasteiger partial charge in [-0.2, -0.15) is 26.3 Å². The largest absolute Gasteiger partial charge is 0.380 e. The molecular formula is C38H28F6N2S2. The molecule has 8 rings (SSSR count). The van der Waals surface area contributed by atoms with E-state index in [1.807, 2.05) is 84.9 Å². The minimum absolute atomic E-state index is 0.128. The fourth-order valence-electron chi connectivity index (χ4n) is 7.57. The maximum absolute atomic E-state index is 15.7. The van der Waals surface area contributed by atoms with E-state index in [4.69, 9.17) is 4.98 Å². The number of alkyl halides is 6. The van der Waals surface area contributed by atoms with Crippen molar-refractivity contribution in [3.8, 4) is 33.9 Å². The Morgan fingerprint density at radius 2 is 1.17 bits per heavy atom. The first-order valence-electron chi connectivity index (χ1n) is 15.4. The van der Waals surface area contributed by atoms with E-state index in [-0.39, 0.29) is 11.1 Å². The minimum atomic E-state index is -5.57. The number of imidazole rings is 1. The Morgan fingerprint density at radius 3 is 1.79 bits per heavy atom. The van der Waals surface area contributed by atoms with Gasteiger partial charge in [0.2, 0.25) is 0 Å². The first-order chi connectivity index (χ1) is 22.6. The molecule has 0 radical (unpaired) electrons. The molecule has 2 unspecified atom stereocenters. The van der Waals surface area contributed by atoms with Gasteiger partial charge in [0, 0.05) is 32.7 Å². The Hall–Kier alpha value is -3.89. The van der Waals surface area contributed by atoms with Crippen molar-refractivity contribution in [2.75, 3.05) is 0 Å². The van der Waals surface area contributed by atoms with Crippen LogP contribution in [-0.4, -0.2) is 37.2 Å². The molecule has 1 fully saturated rings. The first kappa shape index (κ1) is 31.4. The van der Waals surface area contributed by atoms with Crippen molar-refractivity contribution in [1.29, 1.82) is 0 Å². The van der Waals surface area contributed by atoms with E-state index in [2.05, 4.69) is 4.98 Å². The molecule has 244 valence electrons. The number of rotatable bonds is 4. The average Bonchev–Trinajstić information content (AvgIpc) is 3.75. The number of hydrogen-bond donors (Lipinski definition) is 1. The van der Waals surface area contributed by atoms with E-state index in [1.165, 1.54) is 29.6 Å². The van der Waals surface area contributed by atoms with Crippen LogP contribution < -0.4 is 0 Å². The van der Waals surface area contributed by atoms with Crippen LogP contribution in [0.1, 0.15) is 33.3 Å². The number of aromatic nitrogens is 2. The van der Waals surface area contributed by atoms with Crippen LogP contribution in [0.25, 0.3) is 38.8 Å². The number of allylic oxidation sites excluding steroid dienone is 5. The zero-order valence-corrected chi connectivity index (χ0v) is 27.8. The summed E-state index contributed by atoms with van der Waals surface area (Å²) in [6.45, 7) is 6.68. The molecule has 48 heavy (non-hydrogen) atoms. The van der Waals surface area contributed by atoms with Gasteiger partial charge in [0.05, 0.1) is 20.9 Å². The second kappa shape index (κ2) is 10.1. The van der Waals surface area contributed by atoms with Gasteiger partial charge in [0.25, 0.3) is 0 Å². The summed E-state index contributed by atoms with van der Waals surface area (Å²) in [5.74, 6) is -15.0. The highest BCUT2D eigenvalue weighted by Crippen LogP contribution is 2.75. The lowest BCUT2D eigenvalue weighted by molar-refractivity contribution is -0.258. The van der Waals surface area contributed by atoms with Gasteiger partial charge in [0.15, 0.2) is 0 Å². The lowest BCUT2D eigenvalue weighted by Gasteiger charge is -2.47. The smallest absolute Gasteiger partial charge is 0.337 e. The van der Waals surface area contributed by atoms with E-state index in [0.29, 0.717) is 26.8 Å². The van der Waals surface area contributed by atoms with Crippen LogP contribution in [-0.2, 0) is 0 Å². The third-order valence-electron chi connectivity index (χ3n) is 10.1. The topological polar surface area (TPSA) is 28.7 Å². The third kappa shape index (κ3) is 3.90. The number of nitrogens with zero attached hydrogens (tertiary/aromatic N) is 1. The van der Waals surface area contributed by atoms with Gasteiger partial charge in [0.1, 0.15) is 5.82 Å². The molecule has 4 aliphatic rings. The number of hydrogen-bond acceptors (Lipinski definition) is 3. The summed E-state index contributed by atoms with van der Waals surface area (Å²) < 4.78 is 90.0. The van der Waals surface area contributed by atoms with Crippen molar-refractivity contribution < 1.29 is 26.3 Å². The molecule has 10 heteroatoms. The maximum atomic E-state index is 15.7. The summed E-state index contributed by atoms with van der Waals surface area (Å²) in [5, 5.41) is 0. The Bertz CT molecular complexity index is 2090. The van der Waals surface area contributed by atoms with Crippen LogP contribution in [0.2, 0.25) is 0 Å². The summed E-state index contributed by atoms with van der Waals surface area (Å²) in [6.07, 6.45) is 1.38. The summed E-state index contributed by atoms with van der Waals surface area (Å²) in [5.41, 5.74) is 2.57. The molecule has 1 N–H and O–H groups in total. The molecule has 2 aliphatic heterocycles. The second-order valence-electron chi connectivity index (χ2n) is 12.9. The molecular weight excluding hydrogens is 663 g/mol. The quantitative estimate of drug-likeness (QED) is 0.216. The molecule has 3 aromatic carbocycles. The SMILES string of the molecule is CC1=CC2=C3C(=C4C(C)=C(c5ccc(-c6nc(-c7ccccc7)c(-c7ccccc7)[nH]6)cc5)SC4(C)C2(C)S1)C(F)(F)C(F)(F)C3(F)F. The van der Waals surface area contributed by atoms with Gasteiger partial charge < -0.3 is 4.98 Å². The first-order valence-corrected chi connectivity index (χ1v) is 17.0. The van der Waals surface area contributed by atoms with Crippen LogP contribution in [0, 0.1) is 0 Å². The van der Waals surface area contributed by atoms with Gasteiger partial charge in [-0.15, -0.1) is 23.5 Å². The lowest BCUT2D eigenvalue weighted by Crippen LogP contribution is -2.49. The van der Waals surface area contributed by atoms with E-state index in [1.54, 1.807) is 27.7 Å². The summed E-state index contributed by atoms with van der Waals surface area (Å²) >= 11 is 2.54. The molecule has 1 saturated carbocycles. The molecule has 2 aliphatic carbocycles. The number of benzene rings is 3. The van der Waals surface area contributed by atoms with Gasteiger partial charge >= 0.3 is 17.8 Å². The summed E-state index contributed by atoms with van der Waals surface area (Å²) in [6, 6.07) is 27.1. The number of halogens is 6. The standard InChI is InChI=1S/C38H28F6N2S2/c1-20-19-26-28-29(37(41,42)38(43,44)36(28,39)40)27-21(2)32(48-35(27,4)34(26,3)47-20)24-15-17-25(18-16-24)33-45-30(22-11-7-5-8-12-22)31(46-33)23-13-9-6-10-14-23/h5-19H,1-4H3,(H,45,46). The molecule has 0 amide bonds. The number of aromatic amines is 1. The van der Waals surface area contributed by atoms with Crippen molar-refractivity contribution >= 4 is 28.4 Å². The molecule has 4 aromatic rings. The molecule has 2 nitrogen and oxygen atoms in total. The molecule has 0 saturated heterocycles. The van der Waals surface area contributed by atoms with Gasteiger partial charge in [-0.3, -0.25) is 0 Å². The molecule has 1 aromatic heterocycles. The number of thioether (sulfide) groups is 2. The predicted molar refractivity (Wildman–Crippen MR) is 182 cm³/mol. The van der Waals surface area contributed by atoms with Gasteiger partial charge in [-0.25, -0.2) is 4.98 Å². The highest BCUT2D eigenvalue weighted by atomic mass is 32.2. The van der Waals surface area contributed by atoms with Gasteiger partial charge in [-0.05, 0) is 61.0 Å². The summed E-state index contributed by atoms with van der Waals surface area (Å²) in [4.78, 5) is 9.61. The van der Waals surface area contributed by atoms with Crippen LogP contribution in [0.5, 0.6) is 0 Å². The second-order valence-corrected chi connectivity index (χ2v) is 16.0. The fourth-order valence-corrected chi connectivity index (χ4v) is 10.8. The maximum Gasteiger partial charge on any atom is 0.380 e. The molecule has 0 bridgehead atoms. The normalized spacial score (nSPS) is 26.5. The van der Waals surface area contributed by atoms with Gasteiger partial charge in [-0.1, -0.05) is 84.9 Å². The van der Waals surface area contributed by atoms with Crippen molar-refractivity contribution in [1.82, 2.24) is 9.97 Å². The predicted octanol–water partition coefficient (Wildman–Crippen LogP) is 11.6. The van der Waals surface area contributed by atoms with Crippen LogP contribution in [0.3, 0.4) is 0 Å². The van der Waals surface area contributed by atoms with Crippen LogP contribution in [0.15, 0.2) is 124 Å². The van der Waals surface area contributed by atoms with Crippen molar-refractivity contribution in [2.24, 2.45) is 0 Å². The van der Waals surface area contributed by atoms with Crippen molar-refractivity contribution in [3.05, 3.63) is 129 Å².